The third-order valence-corrected chi connectivity index (χ3v) is 6.06. The Labute approximate surface area is 161 Å². The van der Waals surface area contributed by atoms with Crippen molar-refractivity contribution in [2.45, 2.75) is 25.8 Å². The van der Waals surface area contributed by atoms with E-state index in [0.29, 0.717) is 5.69 Å². The number of rotatable bonds is 4. The molecule has 0 spiro atoms. The molecule has 0 bridgehead atoms. The second-order valence-corrected chi connectivity index (χ2v) is 7.56. The highest BCUT2D eigenvalue weighted by Crippen LogP contribution is 2.37. The van der Waals surface area contributed by atoms with Crippen LogP contribution in [-0.4, -0.2) is 47.1 Å². The van der Waals surface area contributed by atoms with Gasteiger partial charge in [0.2, 0.25) is 0 Å². The van der Waals surface area contributed by atoms with E-state index in [1.807, 2.05) is 6.07 Å². The van der Waals surface area contributed by atoms with Crippen molar-refractivity contribution in [3.05, 3.63) is 42.0 Å². The van der Waals surface area contributed by atoms with Gasteiger partial charge in [0.25, 0.3) is 5.91 Å². The summed E-state index contributed by atoms with van der Waals surface area (Å²) in [5, 5.41) is 4.07. The lowest BCUT2D eigenvalue weighted by Gasteiger charge is -2.32. The SMILES string of the molecule is COc1ccc(C)c2sc(N3CCC(NC(=O)c4cnccn4)CC3)nc12. The normalized spacial score (nSPS) is 15.1. The number of piperidine rings is 1. The zero-order valence-electron chi connectivity index (χ0n) is 15.3. The highest BCUT2D eigenvalue weighted by Gasteiger charge is 2.24. The topological polar surface area (TPSA) is 80.2 Å². The third kappa shape index (κ3) is 3.57. The van der Waals surface area contributed by atoms with Crippen molar-refractivity contribution in [2.75, 3.05) is 25.1 Å². The van der Waals surface area contributed by atoms with Crippen LogP contribution in [0.2, 0.25) is 0 Å². The van der Waals surface area contributed by atoms with Gasteiger partial charge in [0, 0.05) is 31.5 Å². The lowest BCUT2D eigenvalue weighted by molar-refractivity contribution is 0.0925. The first-order valence-electron chi connectivity index (χ1n) is 8.91. The number of aromatic nitrogens is 3. The van der Waals surface area contributed by atoms with Crippen LogP contribution >= 0.6 is 11.3 Å². The molecule has 7 nitrogen and oxygen atoms in total. The number of carbonyl (C=O) groups excluding carboxylic acids is 1. The Morgan fingerprint density at radius 2 is 2.11 bits per heavy atom. The van der Waals surface area contributed by atoms with E-state index in [4.69, 9.17) is 9.72 Å². The van der Waals surface area contributed by atoms with Gasteiger partial charge in [0.1, 0.15) is 17.0 Å². The van der Waals surface area contributed by atoms with Gasteiger partial charge in [0.05, 0.1) is 18.0 Å². The molecular weight excluding hydrogens is 362 g/mol. The summed E-state index contributed by atoms with van der Waals surface area (Å²) in [7, 11) is 1.68. The number of amides is 1. The van der Waals surface area contributed by atoms with Gasteiger partial charge in [0.15, 0.2) is 5.13 Å². The van der Waals surface area contributed by atoms with Crippen LogP contribution < -0.4 is 15.0 Å². The molecule has 3 heterocycles. The van der Waals surface area contributed by atoms with E-state index in [0.717, 1.165) is 42.3 Å². The van der Waals surface area contributed by atoms with Crippen molar-refractivity contribution in [3.8, 4) is 5.75 Å². The smallest absolute Gasteiger partial charge is 0.271 e. The van der Waals surface area contributed by atoms with Crippen molar-refractivity contribution in [1.82, 2.24) is 20.3 Å². The van der Waals surface area contributed by atoms with Gasteiger partial charge in [-0.15, -0.1) is 0 Å². The predicted molar refractivity (Wildman–Crippen MR) is 106 cm³/mol. The van der Waals surface area contributed by atoms with Crippen LogP contribution in [0.5, 0.6) is 5.75 Å². The van der Waals surface area contributed by atoms with Crippen molar-refractivity contribution in [2.24, 2.45) is 0 Å². The number of ether oxygens (including phenoxy) is 1. The van der Waals surface area contributed by atoms with Crippen molar-refractivity contribution < 1.29 is 9.53 Å². The molecule has 8 heteroatoms. The van der Waals surface area contributed by atoms with Crippen molar-refractivity contribution >= 4 is 32.6 Å². The molecule has 0 unspecified atom stereocenters. The Morgan fingerprint density at radius 1 is 1.30 bits per heavy atom. The van der Waals surface area contributed by atoms with Crippen LogP contribution in [0.25, 0.3) is 10.2 Å². The minimum atomic E-state index is -0.165. The van der Waals surface area contributed by atoms with E-state index in [-0.39, 0.29) is 11.9 Å². The molecule has 140 valence electrons. The fourth-order valence-corrected chi connectivity index (χ4v) is 4.39. The number of hydrogen-bond donors (Lipinski definition) is 1. The minimum Gasteiger partial charge on any atom is -0.494 e. The molecule has 1 amide bonds. The molecule has 1 aromatic carbocycles. The number of anilines is 1. The summed E-state index contributed by atoms with van der Waals surface area (Å²) in [6, 6.07) is 4.17. The fraction of sp³-hybridized carbons (Fsp3) is 0.368. The molecule has 0 atom stereocenters. The third-order valence-electron chi connectivity index (χ3n) is 4.81. The maximum atomic E-state index is 12.2. The number of nitrogens with zero attached hydrogens (tertiary/aromatic N) is 4. The summed E-state index contributed by atoms with van der Waals surface area (Å²) in [6.45, 7) is 3.80. The van der Waals surface area contributed by atoms with E-state index in [2.05, 4.69) is 33.2 Å². The molecule has 1 saturated heterocycles. The Kier molecular flexibility index (Phi) is 4.89. The highest BCUT2D eigenvalue weighted by atomic mass is 32.1. The molecule has 1 aliphatic rings. The summed E-state index contributed by atoms with van der Waals surface area (Å²) in [5.41, 5.74) is 2.49. The molecule has 0 aliphatic carbocycles. The van der Waals surface area contributed by atoms with Crippen LogP contribution in [0.3, 0.4) is 0 Å². The number of thiazole rings is 1. The van der Waals surface area contributed by atoms with E-state index in [9.17, 15) is 4.79 Å². The predicted octanol–water partition coefficient (Wildman–Crippen LogP) is 2.80. The van der Waals surface area contributed by atoms with Crippen LogP contribution in [0.15, 0.2) is 30.7 Å². The van der Waals surface area contributed by atoms with Gasteiger partial charge < -0.3 is 15.0 Å². The number of fused-ring (bicyclic) bond motifs is 1. The number of aryl methyl sites for hydroxylation is 1. The first-order chi connectivity index (χ1) is 13.2. The molecule has 1 fully saturated rings. The molecule has 2 aromatic heterocycles. The Hall–Kier alpha value is -2.74. The van der Waals surface area contributed by atoms with Crippen molar-refractivity contribution in [1.29, 1.82) is 0 Å². The standard InChI is InChI=1S/C19H21N5O2S/c1-12-3-4-15(26-2)16-17(12)27-19(23-16)24-9-5-13(6-10-24)22-18(25)14-11-20-7-8-21-14/h3-4,7-8,11,13H,5-6,9-10H2,1-2H3,(H,22,25). The Bertz CT molecular complexity index is 951. The van der Waals surface area contributed by atoms with E-state index in [1.54, 1.807) is 24.6 Å². The first kappa shape index (κ1) is 17.7. The average molecular weight is 383 g/mol. The Morgan fingerprint density at radius 3 is 2.81 bits per heavy atom. The number of hydrogen-bond acceptors (Lipinski definition) is 7. The lowest BCUT2D eigenvalue weighted by atomic mass is 10.1. The Balaban J connectivity index is 1.43. The number of carbonyl (C=O) groups is 1. The molecule has 0 radical (unpaired) electrons. The number of methoxy groups -OCH3 is 1. The van der Waals surface area contributed by atoms with Crippen LogP contribution in [0.4, 0.5) is 5.13 Å². The maximum absolute atomic E-state index is 12.2. The average Bonchev–Trinajstić information content (AvgIpc) is 3.16. The molecular formula is C19H21N5O2S. The van der Waals surface area contributed by atoms with Gasteiger partial charge in [-0.3, -0.25) is 9.78 Å². The van der Waals surface area contributed by atoms with Gasteiger partial charge in [-0.05, 0) is 31.4 Å². The molecule has 4 rings (SSSR count). The summed E-state index contributed by atoms with van der Waals surface area (Å²) in [4.78, 5) is 27.3. The highest BCUT2D eigenvalue weighted by molar-refractivity contribution is 7.22. The van der Waals surface area contributed by atoms with Crippen LogP contribution in [0, 0.1) is 6.92 Å². The monoisotopic (exact) mass is 383 g/mol. The zero-order valence-corrected chi connectivity index (χ0v) is 16.1. The van der Waals surface area contributed by atoms with E-state index >= 15 is 0 Å². The van der Waals surface area contributed by atoms with Gasteiger partial charge in [-0.1, -0.05) is 17.4 Å². The second-order valence-electron chi connectivity index (χ2n) is 6.58. The number of nitrogens with one attached hydrogen (secondary N) is 1. The lowest BCUT2D eigenvalue weighted by Crippen LogP contribution is -2.44. The quantitative estimate of drug-likeness (QED) is 0.746. The summed E-state index contributed by atoms with van der Waals surface area (Å²) < 4.78 is 6.62. The second kappa shape index (κ2) is 7.48. The molecule has 1 N–H and O–H groups in total. The van der Waals surface area contributed by atoms with Crippen LogP contribution in [-0.2, 0) is 0 Å². The summed E-state index contributed by atoms with van der Waals surface area (Å²) >= 11 is 1.70. The fourth-order valence-electron chi connectivity index (χ4n) is 3.29. The summed E-state index contributed by atoms with van der Waals surface area (Å²) in [5.74, 6) is 0.645. The van der Waals surface area contributed by atoms with Crippen LogP contribution in [0.1, 0.15) is 28.9 Å². The molecule has 1 aliphatic heterocycles. The van der Waals surface area contributed by atoms with Gasteiger partial charge in [-0.25, -0.2) is 9.97 Å². The number of benzene rings is 1. The zero-order chi connectivity index (χ0) is 18.8. The molecule has 27 heavy (non-hydrogen) atoms. The first-order valence-corrected chi connectivity index (χ1v) is 9.73. The minimum absolute atomic E-state index is 0.140. The largest absolute Gasteiger partial charge is 0.494 e. The van der Waals surface area contributed by atoms with Crippen molar-refractivity contribution in [3.63, 3.8) is 0 Å². The maximum Gasteiger partial charge on any atom is 0.271 e. The van der Waals surface area contributed by atoms with Gasteiger partial charge >= 0.3 is 0 Å². The molecule has 0 saturated carbocycles. The van der Waals surface area contributed by atoms with E-state index in [1.165, 1.54) is 22.7 Å². The molecule has 3 aromatic rings. The van der Waals surface area contributed by atoms with E-state index < -0.39 is 0 Å². The van der Waals surface area contributed by atoms with Gasteiger partial charge in [-0.2, -0.15) is 0 Å². The summed E-state index contributed by atoms with van der Waals surface area (Å²) in [6.07, 6.45) is 6.32.